The van der Waals surface area contributed by atoms with E-state index >= 15 is 0 Å². The van der Waals surface area contributed by atoms with E-state index in [1.54, 1.807) is 4.68 Å². The molecular formula is C23H31BrF3N5OSi. The van der Waals surface area contributed by atoms with Gasteiger partial charge in [0.15, 0.2) is 0 Å². The van der Waals surface area contributed by atoms with Gasteiger partial charge in [0, 0.05) is 62.7 Å². The Morgan fingerprint density at radius 2 is 1.88 bits per heavy atom. The van der Waals surface area contributed by atoms with Crippen LogP contribution in [0.3, 0.4) is 0 Å². The Kier molecular flexibility index (Phi) is 7.56. The van der Waals surface area contributed by atoms with Gasteiger partial charge in [0.1, 0.15) is 11.3 Å². The van der Waals surface area contributed by atoms with Crippen LogP contribution in [0.1, 0.15) is 18.9 Å². The summed E-state index contributed by atoms with van der Waals surface area (Å²) in [5.41, 5.74) is 2.99. The molecule has 0 bridgehead atoms. The molecule has 1 aliphatic heterocycles. The van der Waals surface area contributed by atoms with Crippen LogP contribution in [0.5, 0.6) is 0 Å². The molecule has 3 aromatic heterocycles. The normalized spacial score (nSPS) is 16.6. The predicted molar refractivity (Wildman–Crippen MR) is 134 cm³/mol. The Hall–Kier alpha value is -1.69. The second-order valence-corrected chi connectivity index (χ2v) is 16.6. The van der Waals surface area contributed by atoms with Crippen LogP contribution in [-0.4, -0.2) is 64.7 Å². The van der Waals surface area contributed by atoms with Crippen LogP contribution in [0.15, 0.2) is 35.5 Å². The molecule has 6 nitrogen and oxygen atoms in total. The van der Waals surface area contributed by atoms with Crippen molar-refractivity contribution < 1.29 is 17.9 Å². The van der Waals surface area contributed by atoms with Crippen molar-refractivity contribution >= 4 is 34.9 Å². The Labute approximate surface area is 207 Å². The Bertz CT molecular complexity index is 1120. The molecular weight excluding hydrogens is 527 g/mol. The third kappa shape index (κ3) is 6.49. The number of alkyl halides is 3. The largest absolute Gasteiger partial charge is 0.401 e. The molecule has 0 radical (unpaired) electrons. The molecule has 3 aromatic rings. The van der Waals surface area contributed by atoms with Gasteiger partial charge in [0.25, 0.3) is 0 Å². The number of rotatable bonds is 8. The summed E-state index contributed by atoms with van der Waals surface area (Å²) in [6.45, 7) is 8.13. The fourth-order valence-electron chi connectivity index (χ4n) is 4.37. The number of ether oxygens (including phenoxy) is 1. The van der Waals surface area contributed by atoms with Gasteiger partial charge in [0.2, 0.25) is 0 Å². The highest BCUT2D eigenvalue weighted by Gasteiger charge is 2.33. The van der Waals surface area contributed by atoms with Crippen LogP contribution in [-0.2, 0) is 11.5 Å². The Morgan fingerprint density at radius 3 is 2.56 bits per heavy atom. The molecule has 0 atom stereocenters. The zero-order valence-corrected chi connectivity index (χ0v) is 22.4. The molecule has 34 heavy (non-hydrogen) atoms. The first-order valence-electron chi connectivity index (χ1n) is 11.5. The van der Waals surface area contributed by atoms with Crippen LogP contribution in [0.4, 0.5) is 13.2 Å². The van der Waals surface area contributed by atoms with E-state index in [4.69, 9.17) is 4.74 Å². The molecule has 0 saturated carbocycles. The standard InChI is InChI=1S/C23H31BrF3N5OSi/c1-34(2,3)9-8-33-16-31-13-17(11-29-31)20-14-32(21-12-28-22(24)10-19(20)21)18-4-6-30(7-5-18)15-23(25,26)27/h10-14,18H,4-9,15-16H2,1-3H3. The van der Waals surface area contributed by atoms with Crippen LogP contribution in [0.2, 0.25) is 25.7 Å². The zero-order valence-electron chi connectivity index (χ0n) is 19.8. The summed E-state index contributed by atoms with van der Waals surface area (Å²) in [5, 5.41) is 5.52. The second-order valence-electron chi connectivity index (χ2n) is 10.2. The van der Waals surface area contributed by atoms with Gasteiger partial charge in [-0.3, -0.25) is 4.90 Å². The van der Waals surface area contributed by atoms with Crippen molar-refractivity contribution in [1.82, 2.24) is 24.2 Å². The fourth-order valence-corrected chi connectivity index (χ4v) is 5.46. The lowest BCUT2D eigenvalue weighted by Crippen LogP contribution is -2.40. The van der Waals surface area contributed by atoms with Gasteiger partial charge in [-0.15, -0.1) is 0 Å². The lowest BCUT2D eigenvalue weighted by Gasteiger charge is -2.33. The molecule has 0 unspecified atom stereocenters. The van der Waals surface area contributed by atoms with Crippen LogP contribution < -0.4 is 0 Å². The quantitative estimate of drug-likeness (QED) is 0.188. The zero-order chi connectivity index (χ0) is 24.5. The van der Waals surface area contributed by atoms with E-state index in [0.29, 0.717) is 32.7 Å². The second kappa shape index (κ2) is 10.1. The van der Waals surface area contributed by atoms with Crippen molar-refractivity contribution in [3.8, 4) is 11.1 Å². The van der Waals surface area contributed by atoms with E-state index in [9.17, 15) is 13.2 Å². The maximum absolute atomic E-state index is 12.8. The number of fused-ring (bicyclic) bond motifs is 1. The summed E-state index contributed by atoms with van der Waals surface area (Å²) in [6.07, 6.45) is 4.91. The molecule has 0 aromatic carbocycles. The van der Waals surface area contributed by atoms with Crippen molar-refractivity contribution in [3.05, 3.63) is 35.5 Å². The molecule has 1 aliphatic rings. The Morgan fingerprint density at radius 1 is 1.15 bits per heavy atom. The van der Waals surface area contributed by atoms with Crippen molar-refractivity contribution in [2.24, 2.45) is 0 Å². The minimum Gasteiger partial charge on any atom is -0.360 e. The first-order valence-corrected chi connectivity index (χ1v) is 16.0. The first kappa shape index (κ1) is 25.4. The van der Waals surface area contributed by atoms with E-state index < -0.39 is 20.8 Å². The van der Waals surface area contributed by atoms with Crippen molar-refractivity contribution in [2.45, 2.75) is 57.5 Å². The highest BCUT2D eigenvalue weighted by molar-refractivity contribution is 9.10. The number of likely N-dealkylation sites (tertiary alicyclic amines) is 1. The highest BCUT2D eigenvalue weighted by Crippen LogP contribution is 2.36. The van der Waals surface area contributed by atoms with Gasteiger partial charge in [-0.2, -0.15) is 18.3 Å². The maximum Gasteiger partial charge on any atom is 0.401 e. The summed E-state index contributed by atoms with van der Waals surface area (Å²) >= 11 is 3.47. The summed E-state index contributed by atoms with van der Waals surface area (Å²) in [5.74, 6) is 0. The van der Waals surface area contributed by atoms with Crippen molar-refractivity contribution in [1.29, 1.82) is 0 Å². The van der Waals surface area contributed by atoms with E-state index in [1.807, 2.05) is 24.7 Å². The lowest BCUT2D eigenvalue weighted by molar-refractivity contribution is -0.148. The highest BCUT2D eigenvalue weighted by atomic mass is 79.9. The molecule has 4 rings (SSSR count). The number of halogens is 4. The molecule has 0 spiro atoms. The molecule has 4 heterocycles. The van der Waals surface area contributed by atoms with Crippen molar-refractivity contribution in [2.75, 3.05) is 26.2 Å². The average Bonchev–Trinajstić information content (AvgIpc) is 3.34. The number of hydrogen-bond acceptors (Lipinski definition) is 4. The SMILES string of the molecule is C[Si](C)(C)CCOCn1cc(-c2cn(C3CCN(CC(F)(F)F)CC3)c3cnc(Br)cc23)cn1. The molecule has 1 fully saturated rings. The van der Waals surface area contributed by atoms with Gasteiger partial charge >= 0.3 is 6.18 Å². The van der Waals surface area contributed by atoms with E-state index in [-0.39, 0.29) is 6.04 Å². The topological polar surface area (TPSA) is 48.1 Å². The molecule has 0 aliphatic carbocycles. The van der Waals surface area contributed by atoms with Gasteiger partial charge < -0.3 is 9.30 Å². The number of hydrogen-bond donors (Lipinski definition) is 0. The number of nitrogens with zero attached hydrogens (tertiary/aromatic N) is 5. The van der Waals surface area contributed by atoms with Gasteiger partial charge in [-0.1, -0.05) is 19.6 Å². The summed E-state index contributed by atoms with van der Waals surface area (Å²) < 4.78 is 48.9. The maximum atomic E-state index is 12.8. The average molecular weight is 559 g/mol. The minimum absolute atomic E-state index is 0.128. The van der Waals surface area contributed by atoms with Crippen LogP contribution in [0, 0.1) is 0 Å². The molecule has 0 N–H and O–H groups in total. The predicted octanol–water partition coefficient (Wildman–Crippen LogP) is 6.17. The van der Waals surface area contributed by atoms with E-state index in [1.165, 1.54) is 4.90 Å². The van der Waals surface area contributed by atoms with Gasteiger partial charge in [-0.25, -0.2) is 9.67 Å². The van der Waals surface area contributed by atoms with Crippen LogP contribution in [0.25, 0.3) is 22.0 Å². The molecule has 0 amide bonds. The molecule has 11 heteroatoms. The first-order chi connectivity index (χ1) is 16.0. The smallest absolute Gasteiger partial charge is 0.360 e. The lowest BCUT2D eigenvalue weighted by atomic mass is 10.0. The van der Waals surface area contributed by atoms with Crippen molar-refractivity contribution in [3.63, 3.8) is 0 Å². The van der Waals surface area contributed by atoms with E-state index in [0.717, 1.165) is 39.3 Å². The monoisotopic (exact) mass is 557 g/mol. The third-order valence-corrected chi connectivity index (χ3v) is 8.34. The minimum atomic E-state index is -4.16. The summed E-state index contributed by atoms with van der Waals surface area (Å²) in [6, 6.07) is 3.22. The van der Waals surface area contributed by atoms with Crippen LogP contribution >= 0.6 is 15.9 Å². The summed E-state index contributed by atoms with van der Waals surface area (Å²) in [7, 11) is -1.14. The van der Waals surface area contributed by atoms with Gasteiger partial charge in [-0.05, 0) is 40.9 Å². The number of pyridine rings is 1. The fraction of sp³-hybridized carbons (Fsp3) is 0.565. The molecule has 1 saturated heterocycles. The van der Waals surface area contributed by atoms with E-state index in [2.05, 4.69) is 56.4 Å². The van der Waals surface area contributed by atoms with Gasteiger partial charge in [0.05, 0.1) is 24.5 Å². The Balaban J connectivity index is 1.51. The molecule has 186 valence electrons. The third-order valence-electron chi connectivity index (χ3n) is 6.20. The number of piperidine rings is 1. The summed E-state index contributed by atoms with van der Waals surface area (Å²) in [4.78, 5) is 5.90. The number of aromatic nitrogens is 4.